The number of alkyl halides is 1. The lowest BCUT2D eigenvalue weighted by atomic mass is 10.1. The molecule has 8 heteroatoms. The zero-order valence-electron chi connectivity index (χ0n) is 10.5. The van der Waals surface area contributed by atoms with Crippen LogP contribution < -0.4 is 9.44 Å². The van der Waals surface area contributed by atoms with Crippen molar-refractivity contribution in [2.24, 2.45) is 5.41 Å². The van der Waals surface area contributed by atoms with Gasteiger partial charge in [0, 0.05) is 11.9 Å². The standard InChI is InChI=1S/C10H19BrN2O4S/c1-8(2)17-9(14)13-18(15,16)12-7-10(3-4-10)5-6-11/h8,12H,3-7H2,1-2H3,(H,13,14). The zero-order chi connectivity index (χ0) is 13.8. The summed E-state index contributed by atoms with van der Waals surface area (Å²) < 4.78 is 32.0. The highest BCUT2D eigenvalue weighted by Crippen LogP contribution is 2.48. The molecule has 0 unspecified atom stereocenters. The SMILES string of the molecule is CC(C)OC(=O)NS(=O)(=O)NCC1(CCBr)CC1. The van der Waals surface area contributed by atoms with E-state index < -0.39 is 16.3 Å². The third kappa shape index (κ3) is 5.53. The summed E-state index contributed by atoms with van der Waals surface area (Å²) in [6.07, 6.45) is 1.63. The molecular weight excluding hydrogens is 324 g/mol. The maximum Gasteiger partial charge on any atom is 0.422 e. The Bertz CT molecular complexity index is 393. The van der Waals surface area contributed by atoms with E-state index in [0.29, 0.717) is 6.54 Å². The molecule has 0 aliphatic heterocycles. The summed E-state index contributed by atoms with van der Waals surface area (Å²) in [6.45, 7) is 3.65. The first-order valence-corrected chi connectivity index (χ1v) is 8.43. The van der Waals surface area contributed by atoms with Gasteiger partial charge in [-0.2, -0.15) is 13.1 Å². The first-order chi connectivity index (χ1) is 8.29. The highest BCUT2D eigenvalue weighted by Gasteiger charge is 2.42. The van der Waals surface area contributed by atoms with Crippen molar-refractivity contribution >= 4 is 32.2 Å². The largest absolute Gasteiger partial charge is 0.446 e. The first kappa shape index (κ1) is 15.7. The monoisotopic (exact) mass is 342 g/mol. The molecule has 1 aliphatic rings. The minimum absolute atomic E-state index is 0.0558. The second-order valence-electron chi connectivity index (χ2n) is 4.82. The second kappa shape index (κ2) is 6.21. The van der Waals surface area contributed by atoms with Crippen LogP contribution in [0.2, 0.25) is 0 Å². The van der Waals surface area contributed by atoms with Crippen LogP contribution in [0.3, 0.4) is 0 Å². The van der Waals surface area contributed by atoms with Crippen LogP contribution in [0, 0.1) is 5.41 Å². The van der Waals surface area contributed by atoms with E-state index >= 15 is 0 Å². The van der Waals surface area contributed by atoms with Crippen molar-refractivity contribution in [1.29, 1.82) is 0 Å². The zero-order valence-corrected chi connectivity index (χ0v) is 12.9. The summed E-state index contributed by atoms with van der Waals surface area (Å²) in [7, 11) is -3.83. The lowest BCUT2D eigenvalue weighted by Crippen LogP contribution is -2.43. The van der Waals surface area contributed by atoms with E-state index in [1.54, 1.807) is 13.8 Å². The summed E-state index contributed by atoms with van der Waals surface area (Å²) in [6, 6.07) is 0. The average molecular weight is 343 g/mol. The van der Waals surface area contributed by atoms with Crippen molar-refractivity contribution in [3.63, 3.8) is 0 Å². The topological polar surface area (TPSA) is 84.5 Å². The van der Waals surface area contributed by atoms with Crippen molar-refractivity contribution in [2.45, 2.75) is 39.2 Å². The summed E-state index contributed by atoms with van der Waals surface area (Å²) in [5.41, 5.74) is 0.0558. The predicted octanol–water partition coefficient (Wildman–Crippen LogP) is 1.52. The number of ether oxygens (including phenoxy) is 1. The van der Waals surface area contributed by atoms with Gasteiger partial charge in [-0.25, -0.2) is 9.52 Å². The van der Waals surface area contributed by atoms with Gasteiger partial charge < -0.3 is 4.74 Å². The van der Waals surface area contributed by atoms with Crippen molar-refractivity contribution in [2.75, 3.05) is 11.9 Å². The Morgan fingerprint density at radius 2 is 2.06 bits per heavy atom. The molecule has 106 valence electrons. The lowest BCUT2D eigenvalue weighted by Gasteiger charge is -2.15. The fourth-order valence-electron chi connectivity index (χ4n) is 1.52. The molecule has 2 N–H and O–H groups in total. The molecule has 1 aliphatic carbocycles. The number of rotatable bonds is 7. The van der Waals surface area contributed by atoms with Crippen molar-refractivity contribution in [3.05, 3.63) is 0 Å². The van der Waals surface area contributed by atoms with Gasteiger partial charge in [0.15, 0.2) is 0 Å². The number of carbonyl (C=O) groups excluding carboxylic acids is 1. The van der Waals surface area contributed by atoms with Crippen LogP contribution in [0.25, 0.3) is 0 Å². The molecule has 0 aromatic heterocycles. The van der Waals surface area contributed by atoms with Crippen LogP contribution in [-0.2, 0) is 14.9 Å². The molecule has 0 saturated heterocycles. The van der Waals surface area contributed by atoms with E-state index in [1.165, 1.54) is 0 Å². The maximum atomic E-state index is 11.6. The quantitative estimate of drug-likeness (QED) is 0.687. The molecule has 0 heterocycles. The molecule has 6 nitrogen and oxygen atoms in total. The molecule has 0 atom stereocenters. The number of halogens is 1. The number of carbonyl (C=O) groups is 1. The van der Waals surface area contributed by atoms with E-state index in [9.17, 15) is 13.2 Å². The Kier molecular flexibility index (Phi) is 5.42. The van der Waals surface area contributed by atoms with Crippen molar-refractivity contribution in [1.82, 2.24) is 9.44 Å². The van der Waals surface area contributed by atoms with Crippen molar-refractivity contribution < 1.29 is 17.9 Å². The molecule has 0 radical (unpaired) electrons. The molecule has 1 saturated carbocycles. The van der Waals surface area contributed by atoms with Crippen LogP contribution in [0.4, 0.5) is 4.79 Å². The lowest BCUT2D eigenvalue weighted by molar-refractivity contribution is 0.121. The van der Waals surface area contributed by atoms with Gasteiger partial charge in [-0.05, 0) is 38.5 Å². The smallest absolute Gasteiger partial charge is 0.422 e. The number of hydrogen-bond acceptors (Lipinski definition) is 4. The van der Waals surface area contributed by atoms with E-state index in [-0.39, 0.29) is 11.5 Å². The number of nitrogens with one attached hydrogen (secondary N) is 2. The summed E-state index contributed by atoms with van der Waals surface area (Å²) in [4.78, 5) is 11.2. The normalized spacial score (nSPS) is 17.6. The molecule has 1 fully saturated rings. The molecule has 0 aromatic rings. The van der Waals surface area contributed by atoms with Crippen LogP contribution in [0.15, 0.2) is 0 Å². The Hall–Kier alpha value is -0.340. The fraction of sp³-hybridized carbons (Fsp3) is 0.900. The highest BCUT2D eigenvalue weighted by molar-refractivity contribution is 9.09. The van der Waals surface area contributed by atoms with Gasteiger partial charge in [0.1, 0.15) is 0 Å². The van der Waals surface area contributed by atoms with Crippen molar-refractivity contribution in [3.8, 4) is 0 Å². The third-order valence-corrected chi connectivity index (χ3v) is 4.14. The van der Waals surface area contributed by atoms with Gasteiger partial charge in [-0.15, -0.1) is 0 Å². The Morgan fingerprint density at radius 3 is 2.50 bits per heavy atom. The summed E-state index contributed by atoms with van der Waals surface area (Å²) in [5, 5.41) is 0.845. The van der Waals surface area contributed by atoms with Gasteiger partial charge in [0.2, 0.25) is 0 Å². The molecule has 1 rings (SSSR count). The number of amides is 1. The summed E-state index contributed by atoms with van der Waals surface area (Å²) in [5.74, 6) is 0. The minimum atomic E-state index is -3.83. The van der Waals surface area contributed by atoms with E-state index in [4.69, 9.17) is 4.74 Å². The van der Waals surface area contributed by atoms with Crippen LogP contribution in [0.1, 0.15) is 33.1 Å². The number of hydrogen-bond donors (Lipinski definition) is 2. The summed E-state index contributed by atoms with van der Waals surface area (Å²) >= 11 is 3.35. The van der Waals surface area contributed by atoms with E-state index in [2.05, 4.69) is 20.7 Å². The highest BCUT2D eigenvalue weighted by atomic mass is 79.9. The second-order valence-corrected chi connectivity index (χ2v) is 7.11. The Labute approximate surface area is 116 Å². The van der Waals surface area contributed by atoms with Gasteiger partial charge >= 0.3 is 16.3 Å². The Morgan fingerprint density at radius 1 is 1.44 bits per heavy atom. The van der Waals surface area contributed by atoms with Gasteiger partial charge in [0.05, 0.1) is 6.10 Å². The molecular formula is C10H19BrN2O4S. The molecule has 0 spiro atoms. The van der Waals surface area contributed by atoms with Crippen LogP contribution in [-0.4, -0.2) is 32.5 Å². The first-order valence-electron chi connectivity index (χ1n) is 5.83. The molecule has 0 bridgehead atoms. The third-order valence-electron chi connectivity index (χ3n) is 2.78. The average Bonchev–Trinajstić information content (AvgIpc) is 2.94. The van der Waals surface area contributed by atoms with Gasteiger partial charge in [-0.1, -0.05) is 15.9 Å². The Balaban J connectivity index is 2.38. The van der Waals surface area contributed by atoms with Gasteiger partial charge in [-0.3, -0.25) is 0 Å². The van der Waals surface area contributed by atoms with Crippen LogP contribution >= 0.6 is 15.9 Å². The maximum absolute atomic E-state index is 11.6. The predicted molar refractivity (Wildman–Crippen MR) is 71.8 cm³/mol. The molecule has 18 heavy (non-hydrogen) atoms. The van der Waals surface area contributed by atoms with E-state index in [0.717, 1.165) is 24.6 Å². The van der Waals surface area contributed by atoms with Gasteiger partial charge in [0.25, 0.3) is 0 Å². The molecule has 1 amide bonds. The minimum Gasteiger partial charge on any atom is -0.446 e. The van der Waals surface area contributed by atoms with E-state index in [1.807, 2.05) is 4.72 Å². The fourth-order valence-corrected chi connectivity index (χ4v) is 3.20. The van der Waals surface area contributed by atoms with Crippen LogP contribution in [0.5, 0.6) is 0 Å². The molecule has 0 aromatic carbocycles.